The van der Waals surface area contributed by atoms with Crippen LogP contribution in [-0.2, 0) is 4.74 Å². The molecule has 1 aliphatic heterocycles. The van der Waals surface area contributed by atoms with E-state index in [9.17, 15) is 18.0 Å². The van der Waals surface area contributed by atoms with Crippen molar-refractivity contribution in [1.29, 1.82) is 5.41 Å². The molecule has 36 heavy (non-hydrogen) atoms. The summed E-state index contributed by atoms with van der Waals surface area (Å²) >= 11 is 0. The zero-order chi connectivity index (χ0) is 26.0. The Morgan fingerprint density at radius 1 is 1.39 bits per heavy atom. The van der Waals surface area contributed by atoms with E-state index in [4.69, 9.17) is 21.6 Å². The Bertz CT molecular complexity index is 1490. The first kappa shape index (κ1) is 24.6. The molecule has 0 saturated carbocycles. The van der Waals surface area contributed by atoms with E-state index >= 15 is 0 Å². The van der Waals surface area contributed by atoms with Gasteiger partial charge < -0.3 is 31.9 Å². The van der Waals surface area contributed by atoms with E-state index in [0.29, 0.717) is 16.3 Å². The molecule has 0 fully saturated rings. The van der Waals surface area contributed by atoms with Crippen LogP contribution < -0.4 is 27.4 Å². The first-order valence-electron chi connectivity index (χ1n) is 11.0. The Hall–Kier alpha value is -4.50. The molecular weight excluding hydrogens is 473 g/mol. The number of alkyl halides is 1. The lowest BCUT2D eigenvalue weighted by atomic mass is 10.0. The third-order valence-corrected chi connectivity index (χ3v) is 5.70. The van der Waals surface area contributed by atoms with Gasteiger partial charge >= 0.3 is 0 Å². The highest BCUT2D eigenvalue weighted by Crippen LogP contribution is 2.27. The molecule has 7 N–H and O–H groups in total. The molecule has 0 bridgehead atoms. The molecule has 2 heterocycles. The normalized spacial score (nSPS) is 21.9. The van der Waals surface area contributed by atoms with Crippen molar-refractivity contribution in [1.82, 2.24) is 10.3 Å². The Morgan fingerprint density at radius 2 is 2.17 bits per heavy atom. The smallest absolute Gasteiger partial charge is 0.214 e. The second kappa shape index (κ2) is 10.0. The topological polar surface area (TPSA) is 142 Å². The Balaban J connectivity index is 1.56. The molecule has 4 rings (SSSR count). The number of carbonyl (C=O) groups is 1. The first-order valence-corrected chi connectivity index (χ1v) is 11.0. The van der Waals surface area contributed by atoms with Crippen molar-refractivity contribution in [3.8, 4) is 0 Å². The summed E-state index contributed by atoms with van der Waals surface area (Å²) in [6.07, 6.45) is 5.81. The highest BCUT2D eigenvalue weighted by molar-refractivity contribution is 6.20. The summed E-state index contributed by atoms with van der Waals surface area (Å²) in [7, 11) is 0. The lowest BCUT2D eigenvalue weighted by Crippen LogP contribution is -2.30. The number of ketones is 1. The van der Waals surface area contributed by atoms with Crippen molar-refractivity contribution < 1.29 is 22.7 Å². The highest BCUT2D eigenvalue weighted by atomic mass is 19.1. The van der Waals surface area contributed by atoms with Gasteiger partial charge in [-0.05, 0) is 18.2 Å². The highest BCUT2D eigenvalue weighted by Gasteiger charge is 2.26. The molecule has 11 heteroatoms. The summed E-state index contributed by atoms with van der Waals surface area (Å²) in [5, 5.41) is 11.3. The van der Waals surface area contributed by atoms with Crippen LogP contribution in [0.5, 0.6) is 0 Å². The molecule has 3 aliphatic rings. The third-order valence-electron chi connectivity index (χ3n) is 5.70. The quantitative estimate of drug-likeness (QED) is 0.233. The largest absolute Gasteiger partial charge is 0.441 e. The molecule has 2 aliphatic carbocycles. The molecular formula is C25H23F3N6O2. The van der Waals surface area contributed by atoms with E-state index in [0.717, 1.165) is 12.3 Å². The maximum atomic E-state index is 14.0. The average molecular weight is 496 g/mol. The number of carbonyl (C=O) groups excluding carboxylic acids is 1. The van der Waals surface area contributed by atoms with Crippen LogP contribution in [0.25, 0.3) is 11.8 Å². The van der Waals surface area contributed by atoms with Gasteiger partial charge in [0.25, 0.3) is 0 Å². The van der Waals surface area contributed by atoms with Crippen molar-refractivity contribution in [3.63, 3.8) is 0 Å². The van der Waals surface area contributed by atoms with Gasteiger partial charge in [-0.3, -0.25) is 4.79 Å². The van der Waals surface area contributed by atoms with Gasteiger partial charge in [0.2, 0.25) is 5.78 Å². The van der Waals surface area contributed by atoms with Crippen LogP contribution in [0.4, 0.5) is 13.2 Å². The fourth-order valence-corrected chi connectivity index (χ4v) is 3.68. The van der Waals surface area contributed by atoms with E-state index in [1.165, 1.54) is 30.5 Å². The molecule has 0 amide bonds. The maximum Gasteiger partial charge on any atom is 0.214 e. The number of hydrogen-bond acceptors (Lipinski definition) is 7. The predicted octanol–water partition coefficient (Wildman–Crippen LogP) is 2.25. The van der Waals surface area contributed by atoms with Gasteiger partial charge in [0, 0.05) is 42.0 Å². The molecule has 0 aromatic carbocycles. The van der Waals surface area contributed by atoms with E-state index in [1.807, 2.05) is 6.92 Å². The van der Waals surface area contributed by atoms with Gasteiger partial charge in [0.15, 0.2) is 23.7 Å². The van der Waals surface area contributed by atoms with Crippen molar-refractivity contribution in [2.75, 3.05) is 0 Å². The number of aromatic amines is 1. The van der Waals surface area contributed by atoms with Crippen molar-refractivity contribution in [2.45, 2.75) is 25.9 Å². The Kier molecular flexibility index (Phi) is 6.84. The van der Waals surface area contributed by atoms with Gasteiger partial charge in [0.05, 0.1) is 28.5 Å². The molecule has 0 radical (unpaired) electrons. The number of nitrogens with one attached hydrogen (secondary N) is 3. The van der Waals surface area contributed by atoms with Crippen molar-refractivity contribution in [3.05, 3.63) is 87.0 Å². The SMILES string of the molecule is CC1CC(OC2=C(F)C=CCC2F)=NC=C1N/C(N)=C(\C=N)C(=O)c1cc2c([nH]1)=C=CC(N)=C(F)C=2. The average Bonchev–Trinajstić information content (AvgIpc) is 3.18. The number of nitrogens with zero attached hydrogens (tertiary/aromatic N) is 1. The number of aromatic nitrogens is 1. The lowest BCUT2D eigenvalue weighted by molar-refractivity contribution is 0.103. The lowest BCUT2D eigenvalue weighted by Gasteiger charge is -2.24. The monoisotopic (exact) mass is 496 g/mol. The molecule has 2 atom stereocenters. The summed E-state index contributed by atoms with van der Waals surface area (Å²) in [4.78, 5) is 20.0. The number of halogens is 3. The third kappa shape index (κ3) is 4.96. The van der Waals surface area contributed by atoms with E-state index in [1.54, 1.807) is 0 Å². The molecule has 0 spiro atoms. The van der Waals surface area contributed by atoms with Crippen LogP contribution in [-0.4, -0.2) is 29.1 Å². The summed E-state index contributed by atoms with van der Waals surface area (Å²) in [5.74, 6) is -2.68. The molecule has 8 nitrogen and oxygen atoms in total. The Morgan fingerprint density at radius 3 is 2.86 bits per heavy atom. The number of ether oxygens (including phenoxy) is 1. The number of nitrogens with two attached hydrogens (primary N) is 2. The minimum atomic E-state index is -1.59. The number of hydrogen-bond donors (Lipinski definition) is 5. The van der Waals surface area contributed by atoms with Crippen molar-refractivity contribution in [2.24, 2.45) is 22.4 Å². The predicted molar refractivity (Wildman–Crippen MR) is 129 cm³/mol. The van der Waals surface area contributed by atoms with Gasteiger partial charge in [0.1, 0.15) is 11.6 Å². The van der Waals surface area contributed by atoms with Crippen LogP contribution in [0.2, 0.25) is 0 Å². The van der Waals surface area contributed by atoms with E-state index in [-0.39, 0.29) is 47.4 Å². The van der Waals surface area contributed by atoms with Crippen LogP contribution in [0.15, 0.2) is 75.7 Å². The molecule has 1 aromatic heterocycles. The fraction of sp³-hybridized carbons (Fsp3) is 0.200. The zero-order valence-corrected chi connectivity index (χ0v) is 19.2. The van der Waals surface area contributed by atoms with Crippen LogP contribution in [0.1, 0.15) is 30.3 Å². The fourth-order valence-electron chi connectivity index (χ4n) is 3.68. The second-order valence-corrected chi connectivity index (χ2v) is 8.31. The Labute approximate surface area is 203 Å². The van der Waals surface area contributed by atoms with Gasteiger partial charge in [-0.25, -0.2) is 18.2 Å². The van der Waals surface area contributed by atoms with Gasteiger partial charge in [-0.2, -0.15) is 0 Å². The summed E-state index contributed by atoms with van der Waals surface area (Å²) in [6, 6.07) is 1.41. The number of rotatable bonds is 6. The first-order chi connectivity index (χ1) is 17.2. The second-order valence-electron chi connectivity index (χ2n) is 8.31. The van der Waals surface area contributed by atoms with Gasteiger partial charge in [-0.1, -0.05) is 18.7 Å². The summed E-state index contributed by atoms with van der Waals surface area (Å²) in [5.41, 5.74) is 14.8. The van der Waals surface area contributed by atoms with E-state index in [2.05, 4.69) is 21.0 Å². The van der Waals surface area contributed by atoms with Crippen LogP contribution >= 0.6 is 0 Å². The number of aliphatic imine (C=N–C) groups is 1. The minimum absolute atomic E-state index is 0.0197. The standard InChI is InChI=1S/C25H23F3N6O2/c1-12-7-22(36-24-15(26)3-2-4-16(24)27)32-11-21(12)34-25(31)14(10-29)23(35)20-9-13-8-17(28)18(30)5-6-19(13)33-20/h2-3,5,8-12,16,29,33-34H,4,7,30-31H2,1H3/b25-14+,29-10?. The molecule has 2 unspecified atom stereocenters. The summed E-state index contributed by atoms with van der Waals surface area (Å²) in [6.45, 7) is 1.81. The molecule has 0 saturated heterocycles. The number of fused-ring (bicyclic) bond motifs is 1. The van der Waals surface area contributed by atoms with Crippen molar-refractivity contribution >= 4 is 29.7 Å². The van der Waals surface area contributed by atoms with E-state index < -0.39 is 29.4 Å². The minimum Gasteiger partial charge on any atom is -0.441 e. The number of allylic oxidation sites excluding steroid dienone is 8. The zero-order valence-electron chi connectivity index (χ0n) is 19.2. The van der Waals surface area contributed by atoms with Gasteiger partial charge in [-0.15, -0.1) is 0 Å². The molecule has 1 aromatic rings. The number of Topliss-reactive ketones (excluding diaryl/α,β-unsaturated/α-hetero) is 1. The van der Waals surface area contributed by atoms with Crippen LogP contribution in [0, 0.1) is 11.3 Å². The summed E-state index contributed by atoms with van der Waals surface area (Å²) < 4.78 is 47.2. The number of H-pyrrole nitrogens is 1. The maximum absolute atomic E-state index is 14.0. The molecule has 186 valence electrons. The van der Waals surface area contributed by atoms with Crippen LogP contribution in [0.3, 0.4) is 0 Å².